The highest BCUT2D eigenvalue weighted by molar-refractivity contribution is 5.96. The number of carbonyl (C=O) groups is 1. The number of rotatable bonds is 5. The Morgan fingerprint density at radius 3 is 2.37 bits per heavy atom. The second-order valence-electron chi connectivity index (χ2n) is 6.75. The van der Waals surface area contributed by atoms with Crippen LogP contribution >= 0.6 is 0 Å². The number of hydrogen-bond acceptors (Lipinski definition) is 5. The van der Waals surface area contributed by atoms with Crippen LogP contribution in [0.4, 0.5) is 13.2 Å². The van der Waals surface area contributed by atoms with E-state index in [1.807, 2.05) is 0 Å². The second kappa shape index (κ2) is 7.75. The molecule has 158 valence electrons. The summed E-state index contributed by atoms with van der Waals surface area (Å²) in [6.45, 7) is 1.11. The number of aliphatic hydroxyl groups is 1. The molecule has 1 aromatic carbocycles. The summed E-state index contributed by atoms with van der Waals surface area (Å²) in [5.41, 5.74) is 3.96. The lowest BCUT2D eigenvalue weighted by molar-refractivity contribution is -0.137. The van der Waals surface area contributed by atoms with Gasteiger partial charge in [0.15, 0.2) is 0 Å². The molecule has 0 saturated carbocycles. The second-order valence-corrected chi connectivity index (χ2v) is 6.75. The maximum absolute atomic E-state index is 13.0. The number of primary amides is 1. The molecule has 0 aliphatic rings. The van der Waals surface area contributed by atoms with E-state index in [4.69, 9.17) is 5.73 Å². The fraction of sp³-hybridized carbons (Fsp3) is 0.263. The van der Waals surface area contributed by atoms with Crippen LogP contribution in [0.15, 0.2) is 41.5 Å². The fourth-order valence-electron chi connectivity index (χ4n) is 3.07. The van der Waals surface area contributed by atoms with Gasteiger partial charge in [-0.2, -0.15) is 28.1 Å². The van der Waals surface area contributed by atoms with Crippen LogP contribution in [0.1, 0.15) is 34.3 Å². The number of aromatic nitrogens is 4. The Labute approximate surface area is 168 Å². The van der Waals surface area contributed by atoms with E-state index in [1.165, 1.54) is 29.2 Å². The highest BCUT2D eigenvalue weighted by atomic mass is 19.4. The quantitative estimate of drug-likeness (QED) is 0.652. The third kappa shape index (κ3) is 3.83. The Bertz CT molecular complexity index is 1150. The zero-order valence-electron chi connectivity index (χ0n) is 16.0. The lowest BCUT2D eigenvalue weighted by Gasteiger charge is -2.19. The number of nitrogens with zero attached hydrogens (tertiary/aromatic N) is 4. The van der Waals surface area contributed by atoms with Gasteiger partial charge in [-0.15, -0.1) is 0 Å². The number of aryl methyl sites for hydroxylation is 1. The fourth-order valence-corrected chi connectivity index (χ4v) is 3.07. The van der Waals surface area contributed by atoms with Crippen molar-refractivity contribution in [2.75, 3.05) is 6.61 Å². The summed E-state index contributed by atoms with van der Waals surface area (Å²) in [6, 6.07) is 4.10. The highest BCUT2D eigenvalue weighted by Crippen LogP contribution is 2.33. The van der Waals surface area contributed by atoms with Crippen LogP contribution in [-0.2, 0) is 13.2 Å². The molecule has 2 aromatic heterocycles. The van der Waals surface area contributed by atoms with E-state index >= 15 is 0 Å². The van der Waals surface area contributed by atoms with Crippen LogP contribution in [0.5, 0.6) is 0 Å². The van der Waals surface area contributed by atoms with E-state index in [2.05, 4.69) is 10.2 Å². The number of carbonyl (C=O) groups excluding carboxylic acids is 1. The van der Waals surface area contributed by atoms with Gasteiger partial charge < -0.3 is 10.8 Å². The summed E-state index contributed by atoms with van der Waals surface area (Å²) < 4.78 is 41.1. The molecule has 0 unspecified atom stereocenters. The van der Waals surface area contributed by atoms with Crippen molar-refractivity contribution in [2.45, 2.75) is 19.0 Å². The first-order valence-corrected chi connectivity index (χ1v) is 8.79. The zero-order chi connectivity index (χ0) is 22.2. The summed E-state index contributed by atoms with van der Waals surface area (Å²) in [5, 5.41) is 17.9. The van der Waals surface area contributed by atoms with Crippen molar-refractivity contribution in [3.63, 3.8) is 0 Å². The molecule has 8 nitrogen and oxygen atoms in total. The van der Waals surface area contributed by atoms with E-state index in [1.54, 1.807) is 14.0 Å². The van der Waals surface area contributed by atoms with Crippen LogP contribution in [0.2, 0.25) is 0 Å². The normalized spacial score (nSPS) is 12.7. The molecule has 0 spiro atoms. The van der Waals surface area contributed by atoms with Crippen LogP contribution in [0, 0.1) is 0 Å². The molecule has 2 heterocycles. The van der Waals surface area contributed by atoms with E-state index in [-0.39, 0.29) is 22.5 Å². The Morgan fingerprint density at radius 2 is 1.90 bits per heavy atom. The molecule has 1 amide bonds. The highest BCUT2D eigenvalue weighted by Gasteiger charge is 2.31. The number of benzene rings is 1. The molecule has 3 aromatic rings. The predicted octanol–water partition coefficient (Wildman–Crippen LogP) is 1.85. The van der Waals surface area contributed by atoms with Crippen LogP contribution in [0.25, 0.3) is 16.9 Å². The van der Waals surface area contributed by atoms with Crippen molar-refractivity contribution < 1.29 is 23.1 Å². The van der Waals surface area contributed by atoms with Gasteiger partial charge in [-0.25, -0.2) is 0 Å². The van der Waals surface area contributed by atoms with Gasteiger partial charge in [0, 0.05) is 30.7 Å². The van der Waals surface area contributed by atoms with E-state index in [9.17, 15) is 27.9 Å². The number of nitrogens with two attached hydrogens (primary N) is 1. The molecule has 3 rings (SSSR count). The van der Waals surface area contributed by atoms with E-state index in [0.717, 1.165) is 16.8 Å². The minimum absolute atomic E-state index is 0.0579. The van der Waals surface area contributed by atoms with Gasteiger partial charge in [0.25, 0.3) is 11.5 Å². The first kappa shape index (κ1) is 21.2. The minimum atomic E-state index is -4.53. The molecular formula is C19H18F3N5O3. The Hall–Kier alpha value is -3.47. The SMILES string of the molecule is C[C@@H](CO)c1c(-c2ccc(C(F)(F)F)cc2)nn(-c2cnn(C)c2)c(=O)c1C(N)=O. The van der Waals surface area contributed by atoms with E-state index in [0.29, 0.717) is 0 Å². The average Bonchev–Trinajstić information content (AvgIpc) is 3.12. The van der Waals surface area contributed by atoms with Crippen molar-refractivity contribution in [1.82, 2.24) is 19.6 Å². The van der Waals surface area contributed by atoms with Crippen molar-refractivity contribution in [3.05, 3.63) is 63.7 Å². The van der Waals surface area contributed by atoms with Crippen LogP contribution in [0.3, 0.4) is 0 Å². The summed E-state index contributed by atoms with van der Waals surface area (Å²) in [4.78, 5) is 25.1. The maximum atomic E-state index is 13.0. The number of alkyl halides is 3. The molecule has 0 radical (unpaired) electrons. The molecule has 3 N–H and O–H groups in total. The monoisotopic (exact) mass is 421 g/mol. The Kier molecular flexibility index (Phi) is 5.49. The molecule has 0 bridgehead atoms. The van der Waals surface area contributed by atoms with E-state index < -0.39 is 41.3 Å². The van der Waals surface area contributed by atoms with Gasteiger partial charge in [-0.1, -0.05) is 19.1 Å². The van der Waals surface area contributed by atoms with Crippen LogP contribution in [-0.4, -0.2) is 37.2 Å². The Balaban J connectivity index is 2.35. The van der Waals surface area contributed by atoms with Gasteiger partial charge in [0.1, 0.15) is 11.3 Å². The zero-order valence-corrected chi connectivity index (χ0v) is 16.0. The largest absolute Gasteiger partial charge is 0.416 e. The molecule has 11 heteroatoms. The standard InChI is InChI=1S/C19H18F3N5O3/c1-10(9-28)14-15(17(23)29)18(30)27(13-7-24-26(2)8-13)25-16(14)11-3-5-12(6-4-11)19(20,21)22/h3-8,10,28H,9H2,1-2H3,(H2,23,29)/t10-/m0/s1. The number of halogens is 3. The smallest absolute Gasteiger partial charge is 0.396 e. The molecule has 0 fully saturated rings. The lowest BCUT2D eigenvalue weighted by atomic mass is 9.92. The summed E-state index contributed by atoms with van der Waals surface area (Å²) in [7, 11) is 1.61. The van der Waals surface area contributed by atoms with Crippen molar-refractivity contribution in [3.8, 4) is 16.9 Å². The average molecular weight is 421 g/mol. The molecular weight excluding hydrogens is 403 g/mol. The predicted molar refractivity (Wildman–Crippen MR) is 101 cm³/mol. The first-order valence-electron chi connectivity index (χ1n) is 8.79. The molecule has 30 heavy (non-hydrogen) atoms. The van der Waals surface area contributed by atoms with Gasteiger partial charge >= 0.3 is 6.18 Å². The summed E-state index contributed by atoms with van der Waals surface area (Å²) >= 11 is 0. The van der Waals surface area contributed by atoms with Crippen molar-refractivity contribution in [1.29, 1.82) is 0 Å². The number of amides is 1. The molecule has 1 atom stereocenters. The van der Waals surface area contributed by atoms with Gasteiger partial charge in [0.2, 0.25) is 0 Å². The summed E-state index contributed by atoms with van der Waals surface area (Å²) in [5.74, 6) is -1.77. The van der Waals surface area contributed by atoms with Crippen molar-refractivity contribution >= 4 is 5.91 Å². The molecule has 0 saturated heterocycles. The third-order valence-corrected chi connectivity index (χ3v) is 4.57. The topological polar surface area (TPSA) is 116 Å². The maximum Gasteiger partial charge on any atom is 0.416 e. The molecule has 0 aliphatic heterocycles. The minimum Gasteiger partial charge on any atom is -0.396 e. The Morgan fingerprint density at radius 1 is 1.27 bits per heavy atom. The van der Waals surface area contributed by atoms with Gasteiger partial charge in [-0.05, 0) is 12.1 Å². The molecule has 0 aliphatic carbocycles. The van der Waals surface area contributed by atoms with Crippen LogP contribution < -0.4 is 11.3 Å². The van der Waals surface area contributed by atoms with Gasteiger partial charge in [0.05, 0.1) is 23.7 Å². The lowest BCUT2D eigenvalue weighted by Crippen LogP contribution is -2.34. The van der Waals surface area contributed by atoms with Gasteiger partial charge in [-0.3, -0.25) is 14.3 Å². The summed E-state index contributed by atoms with van der Waals surface area (Å²) in [6.07, 6.45) is -1.71. The third-order valence-electron chi connectivity index (χ3n) is 4.57. The first-order chi connectivity index (χ1) is 14.0. The van der Waals surface area contributed by atoms with Crippen molar-refractivity contribution in [2.24, 2.45) is 12.8 Å². The number of hydrogen-bond donors (Lipinski definition) is 2. The number of aliphatic hydroxyl groups excluding tert-OH is 1.